The molecule has 5 nitrogen and oxygen atoms in total. The number of anilines is 2. The number of hydrogen-bond acceptors (Lipinski definition) is 4. The Balaban J connectivity index is 1.91. The van der Waals surface area contributed by atoms with Gasteiger partial charge in [-0.15, -0.1) is 0 Å². The van der Waals surface area contributed by atoms with Crippen molar-refractivity contribution in [3.8, 4) is 0 Å². The molecule has 2 aliphatic rings. The van der Waals surface area contributed by atoms with Crippen LogP contribution in [0.4, 0.5) is 17.1 Å². The van der Waals surface area contributed by atoms with Gasteiger partial charge in [0.2, 0.25) is 0 Å². The van der Waals surface area contributed by atoms with E-state index >= 15 is 0 Å². The second-order valence-corrected chi connectivity index (χ2v) is 5.57. The van der Waals surface area contributed by atoms with Crippen LogP contribution in [0, 0.1) is 16.0 Å². The van der Waals surface area contributed by atoms with Crippen LogP contribution in [-0.4, -0.2) is 24.6 Å². The Hall–Kier alpha value is -1.78. The van der Waals surface area contributed by atoms with Crippen molar-refractivity contribution in [2.45, 2.75) is 31.7 Å². The molecule has 2 aliphatic carbocycles. The fourth-order valence-electron chi connectivity index (χ4n) is 2.44. The Morgan fingerprint density at radius 1 is 1.32 bits per heavy atom. The quantitative estimate of drug-likeness (QED) is 0.631. The molecule has 0 aliphatic heterocycles. The molecule has 0 saturated heterocycles. The van der Waals surface area contributed by atoms with Crippen molar-refractivity contribution in [3.05, 3.63) is 28.3 Å². The SMILES string of the molecule is CNc1cc(N(CC2CC2)C2CC2)cc([N+](=O)[O-])c1. The molecule has 2 fully saturated rings. The van der Waals surface area contributed by atoms with E-state index in [9.17, 15) is 10.1 Å². The lowest BCUT2D eigenvalue weighted by Crippen LogP contribution is -2.28. The number of benzene rings is 1. The molecule has 0 aromatic heterocycles. The Kier molecular flexibility index (Phi) is 3.05. The van der Waals surface area contributed by atoms with Gasteiger partial charge in [0.15, 0.2) is 0 Å². The van der Waals surface area contributed by atoms with Crippen LogP contribution in [0.15, 0.2) is 18.2 Å². The van der Waals surface area contributed by atoms with Crippen LogP contribution in [0.3, 0.4) is 0 Å². The number of non-ortho nitro benzene ring substituents is 1. The van der Waals surface area contributed by atoms with E-state index in [0.717, 1.165) is 23.8 Å². The van der Waals surface area contributed by atoms with Gasteiger partial charge >= 0.3 is 0 Å². The van der Waals surface area contributed by atoms with Crippen LogP contribution >= 0.6 is 0 Å². The number of nitrogens with one attached hydrogen (secondary N) is 1. The van der Waals surface area contributed by atoms with Crippen LogP contribution in [0.5, 0.6) is 0 Å². The van der Waals surface area contributed by atoms with Gasteiger partial charge < -0.3 is 10.2 Å². The average molecular weight is 261 g/mol. The average Bonchev–Trinajstić information content (AvgIpc) is 3.27. The van der Waals surface area contributed by atoms with E-state index in [2.05, 4.69) is 10.2 Å². The van der Waals surface area contributed by atoms with Crippen LogP contribution in [0.1, 0.15) is 25.7 Å². The molecule has 0 spiro atoms. The Morgan fingerprint density at radius 2 is 2.05 bits per heavy atom. The topological polar surface area (TPSA) is 58.4 Å². The minimum atomic E-state index is -0.313. The first-order valence-electron chi connectivity index (χ1n) is 6.91. The highest BCUT2D eigenvalue weighted by molar-refractivity contribution is 5.65. The molecule has 0 amide bonds. The molecule has 5 heteroatoms. The summed E-state index contributed by atoms with van der Waals surface area (Å²) >= 11 is 0. The third kappa shape index (κ3) is 2.80. The summed E-state index contributed by atoms with van der Waals surface area (Å²) in [5.74, 6) is 0.790. The number of hydrogen-bond donors (Lipinski definition) is 1. The van der Waals surface area contributed by atoms with Crippen molar-refractivity contribution in [3.63, 3.8) is 0 Å². The zero-order chi connectivity index (χ0) is 13.4. The first-order valence-corrected chi connectivity index (χ1v) is 6.91. The molecule has 0 bridgehead atoms. The van der Waals surface area contributed by atoms with Gasteiger partial charge in [-0.2, -0.15) is 0 Å². The summed E-state index contributed by atoms with van der Waals surface area (Å²) in [4.78, 5) is 13.1. The van der Waals surface area contributed by atoms with Gasteiger partial charge in [-0.3, -0.25) is 10.1 Å². The monoisotopic (exact) mass is 261 g/mol. The van der Waals surface area contributed by atoms with Gasteiger partial charge in [0.05, 0.1) is 4.92 Å². The van der Waals surface area contributed by atoms with Crippen molar-refractivity contribution >= 4 is 17.1 Å². The second kappa shape index (κ2) is 4.72. The molecular weight excluding hydrogens is 242 g/mol. The minimum absolute atomic E-state index is 0.170. The maximum atomic E-state index is 11.0. The third-order valence-electron chi connectivity index (χ3n) is 3.87. The lowest BCUT2D eigenvalue weighted by atomic mass is 10.2. The molecule has 1 N–H and O–H groups in total. The predicted octanol–water partition coefficient (Wildman–Crippen LogP) is 3.02. The van der Waals surface area contributed by atoms with Gasteiger partial charge in [-0.05, 0) is 37.7 Å². The maximum absolute atomic E-state index is 11.0. The standard InChI is InChI=1S/C14H19N3O2/c1-15-11-6-13(8-14(7-11)17(18)19)16(12-4-5-12)9-10-2-3-10/h6-8,10,12,15H,2-5,9H2,1H3. The molecule has 0 unspecified atom stereocenters. The van der Waals surface area contributed by atoms with E-state index in [1.807, 2.05) is 6.07 Å². The first kappa shape index (κ1) is 12.3. The number of nitrogens with zero attached hydrogens (tertiary/aromatic N) is 2. The summed E-state index contributed by atoms with van der Waals surface area (Å²) in [6.07, 6.45) is 5.03. The lowest BCUT2D eigenvalue weighted by molar-refractivity contribution is -0.384. The first-order chi connectivity index (χ1) is 9.17. The molecule has 19 heavy (non-hydrogen) atoms. The van der Waals surface area contributed by atoms with Crippen LogP contribution in [0.25, 0.3) is 0 Å². The summed E-state index contributed by atoms with van der Waals surface area (Å²) < 4.78 is 0. The highest BCUT2D eigenvalue weighted by Crippen LogP contribution is 2.39. The fraction of sp³-hybridized carbons (Fsp3) is 0.571. The van der Waals surface area contributed by atoms with Gasteiger partial charge in [0, 0.05) is 43.1 Å². The zero-order valence-corrected chi connectivity index (χ0v) is 11.1. The van der Waals surface area contributed by atoms with Crippen LogP contribution in [-0.2, 0) is 0 Å². The molecule has 102 valence electrons. The summed E-state index contributed by atoms with van der Waals surface area (Å²) in [7, 11) is 1.80. The summed E-state index contributed by atoms with van der Waals surface area (Å²) in [6.45, 7) is 1.05. The summed E-state index contributed by atoms with van der Waals surface area (Å²) in [5.41, 5.74) is 1.97. The van der Waals surface area contributed by atoms with E-state index in [-0.39, 0.29) is 10.6 Å². The second-order valence-electron chi connectivity index (χ2n) is 5.57. The molecule has 2 saturated carbocycles. The van der Waals surface area contributed by atoms with Crippen molar-refractivity contribution in [1.82, 2.24) is 0 Å². The predicted molar refractivity (Wildman–Crippen MR) is 75.7 cm³/mol. The van der Waals surface area contributed by atoms with Gasteiger partial charge in [-0.1, -0.05) is 0 Å². The van der Waals surface area contributed by atoms with E-state index in [1.54, 1.807) is 19.2 Å². The molecule has 0 heterocycles. The van der Waals surface area contributed by atoms with E-state index in [0.29, 0.717) is 6.04 Å². The van der Waals surface area contributed by atoms with Crippen LogP contribution < -0.4 is 10.2 Å². The normalized spacial score (nSPS) is 18.2. The fourth-order valence-corrected chi connectivity index (χ4v) is 2.44. The highest BCUT2D eigenvalue weighted by atomic mass is 16.6. The molecule has 1 aromatic carbocycles. The lowest BCUT2D eigenvalue weighted by Gasteiger charge is -2.25. The maximum Gasteiger partial charge on any atom is 0.273 e. The Bertz CT molecular complexity index is 495. The Labute approximate surface area is 112 Å². The highest BCUT2D eigenvalue weighted by Gasteiger charge is 2.34. The van der Waals surface area contributed by atoms with Gasteiger partial charge in [0.25, 0.3) is 5.69 Å². The van der Waals surface area contributed by atoms with Crippen molar-refractivity contribution in [1.29, 1.82) is 0 Å². The smallest absolute Gasteiger partial charge is 0.273 e. The van der Waals surface area contributed by atoms with E-state index < -0.39 is 0 Å². The number of nitro benzene ring substituents is 1. The summed E-state index contributed by atoms with van der Waals surface area (Å²) in [6, 6.07) is 5.91. The van der Waals surface area contributed by atoms with E-state index in [1.165, 1.54) is 25.7 Å². The van der Waals surface area contributed by atoms with E-state index in [4.69, 9.17) is 0 Å². The minimum Gasteiger partial charge on any atom is -0.388 e. The molecule has 3 rings (SSSR count). The molecule has 0 atom stereocenters. The Morgan fingerprint density at radius 3 is 2.58 bits per heavy atom. The number of nitro groups is 1. The van der Waals surface area contributed by atoms with Gasteiger partial charge in [0.1, 0.15) is 0 Å². The third-order valence-corrected chi connectivity index (χ3v) is 3.87. The van der Waals surface area contributed by atoms with Gasteiger partial charge in [-0.25, -0.2) is 0 Å². The molecule has 0 radical (unpaired) electrons. The molecular formula is C14H19N3O2. The largest absolute Gasteiger partial charge is 0.388 e. The van der Waals surface area contributed by atoms with Crippen LogP contribution in [0.2, 0.25) is 0 Å². The zero-order valence-electron chi connectivity index (χ0n) is 11.1. The van der Waals surface area contributed by atoms with Crippen molar-refractivity contribution in [2.24, 2.45) is 5.92 Å². The number of rotatable bonds is 6. The molecule has 1 aromatic rings. The summed E-state index contributed by atoms with van der Waals surface area (Å²) in [5, 5.41) is 14.0. The van der Waals surface area contributed by atoms with Crippen molar-refractivity contribution < 1.29 is 4.92 Å². The van der Waals surface area contributed by atoms with Crippen molar-refractivity contribution in [2.75, 3.05) is 23.8 Å².